The first-order valence-electron chi connectivity index (χ1n) is 7.03. The van der Waals surface area contributed by atoms with E-state index in [1.54, 1.807) is 23.4 Å². The highest BCUT2D eigenvalue weighted by Gasteiger charge is 2.28. The van der Waals surface area contributed by atoms with Crippen LogP contribution >= 0.6 is 0 Å². The molecule has 0 saturated carbocycles. The molecule has 1 saturated heterocycles. The van der Waals surface area contributed by atoms with E-state index in [4.69, 9.17) is 0 Å². The normalized spacial score (nSPS) is 17.7. The third kappa shape index (κ3) is 2.03. The lowest BCUT2D eigenvalue weighted by Gasteiger charge is -2.27. The third-order valence-electron chi connectivity index (χ3n) is 4.20. The molecule has 5 nitrogen and oxygen atoms in total. The summed E-state index contributed by atoms with van der Waals surface area (Å²) >= 11 is 0. The summed E-state index contributed by atoms with van der Waals surface area (Å²) in [5, 5.41) is 7.43. The smallest absolute Gasteiger partial charge is 0.257 e. The van der Waals surface area contributed by atoms with E-state index in [-0.39, 0.29) is 11.7 Å². The number of nitrogens with zero attached hydrogens (tertiary/aromatic N) is 3. The molecule has 0 radical (unpaired) electrons. The van der Waals surface area contributed by atoms with Gasteiger partial charge in [0.2, 0.25) is 0 Å². The number of carbonyl (C=O) groups is 1. The van der Waals surface area contributed by atoms with Crippen molar-refractivity contribution in [2.24, 2.45) is 0 Å². The number of aromatic nitrogens is 2. The first-order chi connectivity index (χ1) is 10.2. The average molecular weight is 286 g/mol. The molecule has 4 rings (SSSR count). The number of amides is 1. The summed E-state index contributed by atoms with van der Waals surface area (Å²) in [6.07, 6.45) is 3.38. The fourth-order valence-electron chi connectivity index (χ4n) is 2.82. The van der Waals surface area contributed by atoms with E-state index in [1.807, 2.05) is 10.7 Å². The lowest BCUT2D eigenvalue weighted by Crippen LogP contribution is -2.43. The monoisotopic (exact) mass is 286 g/mol. The van der Waals surface area contributed by atoms with Crippen molar-refractivity contribution in [3.8, 4) is 0 Å². The largest absolute Gasteiger partial charge is 0.330 e. The molecule has 0 spiro atoms. The number of nitrogens with one attached hydrogen (secondary N) is 1. The minimum atomic E-state index is -0.237. The first kappa shape index (κ1) is 12.5. The van der Waals surface area contributed by atoms with Crippen LogP contribution in [0.4, 0.5) is 4.39 Å². The van der Waals surface area contributed by atoms with Gasteiger partial charge in [0.25, 0.3) is 5.91 Å². The van der Waals surface area contributed by atoms with E-state index < -0.39 is 0 Å². The van der Waals surface area contributed by atoms with Gasteiger partial charge in [0, 0.05) is 37.9 Å². The van der Waals surface area contributed by atoms with Crippen molar-refractivity contribution in [1.29, 1.82) is 0 Å². The fraction of sp³-hybridized carbons (Fsp3) is 0.333. The zero-order chi connectivity index (χ0) is 14.4. The van der Waals surface area contributed by atoms with E-state index in [0.29, 0.717) is 30.3 Å². The molecule has 6 heteroatoms. The SMILES string of the molecule is O=C(c1cnn(C2CNC2)c1)N1Cc2cccc(F)c2C1. The van der Waals surface area contributed by atoms with Crippen LogP contribution in [0.25, 0.3) is 0 Å². The molecule has 0 aliphatic carbocycles. The van der Waals surface area contributed by atoms with Gasteiger partial charge in [-0.2, -0.15) is 5.10 Å². The van der Waals surface area contributed by atoms with Gasteiger partial charge in [-0.25, -0.2) is 4.39 Å². The molecule has 1 N–H and O–H groups in total. The van der Waals surface area contributed by atoms with Crippen molar-refractivity contribution in [3.63, 3.8) is 0 Å². The summed E-state index contributed by atoms with van der Waals surface area (Å²) in [6, 6.07) is 5.33. The van der Waals surface area contributed by atoms with E-state index >= 15 is 0 Å². The molecule has 1 aromatic heterocycles. The Morgan fingerprint density at radius 2 is 2.19 bits per heavy atom. The highest BCUT2D eigenvalue weighted by molar-refractivity contribution is 5.94. The van der Waals surface area contributed by atoms with Crippen molar-refractivity contribution < 1.29 is 9.18 Å². The summed E-state index contributed by atoms with van der Waals surface area (Å²) in [6.45, 7) is 2.56. The van der Waals surface area contributed by atoms with Gasteiger partial charge in [0.05, 0.1) is 17.8 Å². The maximum atomic E-state index is 13.7. The van der Waals surface area contributed by atoms with Gasteiger partial charge in [-0.3, -0.25) is 9.48 Å². The van der Waals surface area contributed by atoms with Crippen LogP contribution in [0.3, 0.4) is 0 Å². The predicted molar refractivity (Wildman–Crippen MR) is 74.1 cm³/mol. The summed E-state index contributed by atoms with van der Waals surface area (Å²) in [4.78, 5) is 14.2. The predicted octanol–water partition coefficient (Wildman–Crippen LogP) is 1.32. The van der Waals surface area contributed by atoms with Gasteiger partial charge < -0.3 is 10.2 Å². The molecule has 0 atom stereocenters. The summed E-state index contributed by atoms with van der Waals surface area (Å²) in [5.74, 6) is -0.330. The van der Waals surface area contributed by atoms with Crippen molar-refractivity contribution >= 4 is 5.91 Å². The van der Waals surface area contributed by atoms with Crippen LogP contribution in [0.15, 0.2) is 30.6 Å². The van der Waals surface area contributed by atoms with Gasteiger partial charge in [0.1, 0.15) is 5.82 Å². The van der Waals surface area contributed by atoms with Gasteiger partial charge in [-0.05, 0) is 11.6 Å². The minimum absolute atomic E-state index is 0.0934. The Labute approximate surface area is 121 Å². The molecule has 2 aliphatic heterocycles. The van der Waals surface area contributed by atoms with E-state index in [0.717, 1.165) is 18.7 Å². The standard InChI is InChI=1S/C15H15FN4O/c16-14-3-1-2-10-7-19(9-13(10)14)15(21)11-4-18-20(8-11)12-5-17-6-12/h1-4,8,12,17H,5-7,9H2. The molecule has 0 unspecified atom stereocenters. The van der Waals surface area contributed by atoms with Gasteiger partial charge >= 0.3 is 0 Å². The lowest BCUT2D eigenvalue weighted by molar-refractivity contribution is 0.0750. The third-order valence-corrected chi connectivity index (χ3v) is 4.20. The Kier molecular flexibility index (Phi) is 2.78. The van der Waals surface area contributed by atoms with Crippen LogP contribution in [-0.2, 0) is 13.1 Å². The lowest BCUT2D eigenvalue weighted by atomic mass is 10.1. The highest BCUT2D eigenvalue weighted by Crippen LogP contribution is 2.26. The number of fused-ring (bicyclic) bond motifs is 1. The number of benzene rings is 1. The van der Waals surface area contributed by atoms with E-state index in [1.165, 1.54) is 6.07 Å². The number of halogens is 1. The van der Waals surface area contributed by atoms with E-state index in [2.05, 4.69) is 10.4 Å². The Morgan fingerprint density at radius 3 is 2.90 bits per heavy atom. The van der Waals surface area contributed by atoms with Crippen LogP contribution in [0.1, 0.15) is 27.5 Å². The van der Waals surface area contributed by atoms with Crippen molar-refractivity contribution in [1.82, 2.24) is 20.0 Å². The first-order valence-corrected chi connectivity index (χ1v) is 7.03. The Balaban J connectivity index is 1.54. The quantitative estimate of drug-likeness (QED) is 0.906. The van der Waals surface area contributed by atoms with Crippen molar-refractivity contribution in [3.05, 3.63) is 53.1 Å². The van der Waals surface area contributed by atoms with E-state index in [9.17, 15) is 9.18 Å². The molecular weight excluding hydrogens is 271 g/mol. The Bertz CT molecular complexity index is 707. The maximum Gasteiger partial charge on any atom is 0.257 e. The Morgan fingerprint density at radius 1 is 1.33 bits per heavy atom. The number of carbonyl (C=O) groups excluding carboxylic acids is 1. The number of rotatable bonds is 2. The van der Waals surface area contributed by atoms with Crippen LogP contribution < -0.4 is 5.32 Å². The molecule has 2 aliphatic rings. The summed E-state index contributed by atoms with van der Waals surface area (Å²) in [7, 11) is 0. The second-order valence-electron chi connectivity index (χ2n) is 5.56. The summed E-state index contributed by atoms with van der Waals surface area (Å²) in [5.41, 5.74) is 2.08. The zero-order valence-electron chi connectivity index (χ0n) is 11.4. The molecule has 108 valence electrons. The average Bonchev–Trinajstić information content (AvgIpc) is 3.03. The molecule has 1 aromatic carbocycles. The van der Waals surface area contributed by atoms with Crippen LogP contribution in [0.2, 0.25) is 0 Å². The highest BCUT2D eigenvalue weighted by atomic mass is 19.1. The molecule has 0 bridgehead atoms. The topological polar surface area (TPSA) is 50.2 Å². The minimum Gasteiger partial charge on any atom is -0.330 e. The molecule has 1 fully saturated rings. The second kappa shape index (κ2) is 4.66. The molecule has 1 amide bonds. The number of hydrogen-bond acceptors (Lipinski definition) is 3. The van der Waals surface area contributed by atoms with Gasteiger partial charge in [-0.1, -0.05) is 12.1 Å². The van der Waals surface area contributed by atoms with Crippen LogP contribution in [-0.4, -0.2) is 33.7 Å². The van der Waals surface area contributed by atoms with Crippen LogP contribution in [0.5, 0.6) is 0 Å². The fourth-order valence-corrected chi connectivity index (χ4v) is 2.82. The molecule has 2 aromatic rings. The maximum absolute atomic E-state index is 13.7. The molecule has 3 heterocycles. The van der Waals surface area contributed by atoms with Crippen molar-refractivity contribution in [2.45, 2.75) is 19.1 Å². The van der Waals surface area contributed by atoms with Gasteiger partial charge in [-0.15, -0.1) is 0 Å². The second-order valence-corrected chi connectivity index (χ2v) is 5.56. The number of hydrogen-bond donors (Lipinski definition) is 1. The molecule has 21 heavy (non-hydrogen) atoms. The Hall–Kier alpha value is -2.21. The van der Waals surface area contributed by atoms with Gasteiger partial charge in [0.15, 0.2) is 0 Å². The van der Waals surface area contributed by atoms with Crippen molar-refractivity contribution in [2.75, 3.05) is 13.1 Å². The van der Waals surface area contributed by atoms with Crippen LogP contribution in [0, 0.1) is 5.82 Å². The zero-order valence-corrected chi connectivity index (χ0v) is 11.4. The summed E-state index contributed by atoms with van der Waals surface area (Å²) < 4.78 is 15.6. The molecular formula is C15H15FN4O.